The number of carbonyl (C=O) groups excluding carboxylic acids is 4. The summed E-state index contributed by atoms with van der Waals surface area (Å²) in [6, 6.07) is 0. The van der Waals surface area contributed by atoms with E-state index in [2.05, 4.69) is 48.5 Å². The molecule has 648 valence electrons. The van der Waals surface area contributed by atoms with Gasteiger partial charge in [-0.15, -0.1) is 0 Å². The van der Waals surface area contributed by atoms with Crippen molar-refractivity contribution in [3.8, 4) is 0 Å². The van der Waals surface area contributed by atoms with Gasteiger partial charge in [0, 0.05) is 25.7 Å². The first-order valence-electron chi connectivity index (χ1n) is 46.5. The fourth-order valence-electron chi connectivity index (χ4n) is 14.0. The summed E-state index contributed by atoms with van der Waals surface area (Å²) in [5.41, 5.74) is 0. The van der Waals surface area contributed by atoms with E-state index < -0.39 is 97.5 Å². The predicted octanol–water partition coefficient (Wildman–Crippen LogP) is 27.6. The third kappa shape index (κ3) is 79.7. The molecule has 0 aliphatic rings. The Morgan fingerprint density at radius 3 is 0.651 bits per heavy atom. The zero-order valence-corrected chi connectivity index (χ0v) is 73.8. The van der Waals surface area contributed by atoms with Crippen LogP contribution in [-0.4, -0.2) is 96.7 Å². The number of hydrogen-bond donors (Lipinski definition) is 3. The Morgan fingerprint density at radius 2 is 0.440 bits per heavy atom. The van der Waals surface area contributed by atoms with Gasteiger partial charge in [0.15, 0.2) is 12.2 Å². The second-order valence-corrected chi connectivity index (χ2v) is 36.0. The third-order valence-corrected chi connectivity index (χ3v) is 24.1. The molecule has 0 saturated carbocycles. The SMILES string of the molecule is CCCCCCCCCCCCCCCCCCCCCCCC(=O)OC[C@H](COP(=O)(O)OC[C@@H](O)COP(=O)(O)OC[C@@H](COC(=O)CCCCCCCCCCC(C)CC)OC(=O)CCCCCCCCCCCCC(C)CC)OC(=O)CCCCCCCCCCCCCCCCCCCCC(C)CC. The van der Waals surface area contributed by atoms with Crippen LogP contribution in [0.15, 0.2) is 0 Å². The molecule has 8 atom stereocenters. The zero-order chi connectivity index (χ0) is 80.0. The molecule has 0 aliphatic heterocycles. The topological polar surface area (TPSA) is 237 Å². The van der Waals surface area contributed by atoms with Crippen molar-refractivity contribution in [3.05, 3.63) is 0 Å². The van der Waals surface area contributed by atoms with Crippen LogP contribution in [0, 0.1) is 17.8 Å². The number of carbonyl (C=O) groups is 4. The number of phosphoric ester groups is 2. The van der Waals surface area contributed by atoms with Gasteiger partial charge in [0.25, 0.3) is 0 Å². The summed E-state index contributed by atoms with van der Waals surface area (Å²) in [6.45, 7) is 12.1. The van der Waals surface area contributed by atoms with E-state index in [1.807, 2.05) is 0 Å². The lowest BCUT2D eigenvalue weighted by Gasteiger charge is -2.21. The van der Waals surface area contributed by atoms with Gasteiger partial charge in [0.05, 0.1) is 26.4 Å². The maximum absolute atomic E-state index is 13.2. The number of unbranched alkanes of at least 4 members (excludes halogenated alkanes) is 53. The second-order valence-electron chi connectivity index (χ2n) is 33.1. The van der Waals surface area contributed by atoms with E-state index in [4.69, 9.17) is 37.0 Å². The lowest BCUT2D eigenvalue weighted by Crippen LogP contribution is -2.30. The Labute approximate surface area is 670 Å². The summed E-state index contributed by atoms with van der Waals surface area (Å²) in [4.78, 5) is 73.4. The van der Waals surface area contributed by atoms with Gasteiger partial charge in [0.2, 0.25) is 0 Å². The molecule has 0 amide bonds. The number of esters is 4. The van der Waals surface area contributed by atoms with E-state index in [9.17, 15) is 43.2 Å². The van der Waals surface area contributed by atoms with Crippen LogP contribution >= 0.6 is 15.6 Å². The van der Waals surface area contributed by atoms with Gasteiger partial charge in [-0.2, -0.15) is 0 Å². The molecule has 0 heterocycles. The van der Waals surface area contributed by atoms with E-state index in [0.717, 1.165) is 108 Å². The van der Waals surface area contributed by atoms with Gasteiger partial charge >= 0.3 is 39.5 Å². The fraction of sp³-hybridized carbons (Fsp3) is 0.956. The van der Waals surface area contributed by atoms with Gasteiger partial charge in [-0.1, -0.05) is 427 Å². The second kappa shape index (κ2) is 79.9. The quantitative estimate of drug-likeness (QED) is 0.0222. The highest BCUT2D eigenvalue weighted by Crippen LogP contribution is 2.45. The summed E-state index contributed by atoms with van der Waals surface area (Å²) in [5.74, 6) is 0.350. The molecule has 0 aliphatic carbocycles. The first-order chi connectivity index (χ1) is 52.8. The molecular formula is C90H176O17P2. The van der Waals surface area contributed by atoms with Crippen LogP contribution in [0.2, 0.25) is 0 Å². The number of hydrogen-bond acceptors (Lipinski definition) is 15. The average molecular weight is 1590 g/mol. The van der Waals surface area contributed by atoms with Crippen molar-refractivity contribution in [2.45, 2.75) is 497 Å². The third-order valence-electron chi connectivity index (χ3n) is 22.2. The summed E-state index contributed by atoms with van der Waals surface area (Å²) in [6.07, 6.45) is 72.2. The molecule has 0 aromatic carbocycles. The van der Waals surface area contributed by atoms with Crippen LogP contribution in [-0.2, 0) is 65.4 Å². The van der Waals surface area contributed by atoms with Crippen LogP contribution in [0.5, 0.6) is 0 Å². The fourth-order valence-corrected chi connectivity index (χ4v) is 15.6. The number of rotatable bonds is 88. The minimum atomic E-state index is -4.97. The van der Waals surface area contributed by atoms with Crippen molar-refractivity contribution >= 4 is 39.5 Å². The zero-order valence-electron chi connectivity index (χ0n) is 72.0. The van der Waals surface area contributed by atoms with Crippen molar-refractivity contribution in [1.29, 1.82) is 0 Å². The lowest BCUT2D eigenvalue weighted by molar-refractivity contribution is -0.161. The number of aliphatic hydroxyl groups excluding tert-OH is 1. The van der Waals surface area contributed by atoms with Crippen LogP contribution in [0.25, 0.3) is 0 Å². The summed E-state index contributed by atoms with van der Waals surface area (Å²) >= 11 is 0. The van der Waals surface area contributed by atoms with E-state index in [1.54, 1.807) is 0 Å². The Kier molecular flexibility index (Phi) is 78.5. The minimum Gasteiger partial charge on any atom is -0.462 e. The molecule has 0 radical (unpaired) electrons. The smallest absolute Gasteiger partial charge is 0.462 e. The van der Waals surface area contributed by atoms with E-state index >= 15 is 0 Å². The summed E-state index contributed by atoms with van der Waals surface area (Å²) < 4.78 is 69.0. The van der Waals surface area contributed by atoms with Crippen molar-refractivity contribution < 1.29 is 80.2 Å². The maximum atomic E-state index is 13.2. The molecule has 0 rings (SSSR count). The van der Waals surface area contributed by atoms with E-state index in [0.29, 0.717) is 25.7 Å². The van der Waals surface area contributed by atoms with Crippen LogP contribution in [0.4, 0.5) is 0 Å². The molecular weight excluding hydrogens is 1410 g/mol. The highest BCUT2D eigenvalue weighted by atomic mass is 31.2. The monoisotopic (exact) mass is 1590 g/mol. The number of ether oxygens (including phenoxy) is 4. The Balaban J connectivity index is 5.24. The normalized spacial score (nSPS) is 14.6. The molecule has 3 N–H and O–H groups in total. The van der Waals surface area contributed by atoms with Crippen molar-refractivity contribution in [2.24, 2.45) is 17.8 Å². The van der Waals surface area contributed by atoms with Gasteiger partial charge in [-0.05, 0) is 43.4 Å². The molecule has 0 spiro atoms. The molecule has 109 heavy (non-hydrogen) atoms. The van der Waals surface area contributed by atoms with E-state index in [-0.39, 0.29) is 25.7 Å². The highest BCUT2D eigenvalue weighted by molar-refractivity contribution is 7.47. The van der Waals surface area contributed by atoms with Gasteiger partial charge < -0.3 is 33.8 Å². The summed E-state index contributed by atoms with van der Waals surface area (Å²) in [7, 11) is -9.94. The molecule has 19 heteroatoms. The standard InChI is InChI=1S/C90H176O17P2/c1-8-12-13-14-15-16-17-18-19-20-21-22-23-27-30-33-36-42-50-57-64-71-87(92)100-77-85(106-89(94)73-66-59-52-43-37-34-31-28-25-24-26-29-32-35-40-47-54-61-68-81(5)9-2)79-104-108(96,97)102-75-84(91)76-103-109(98,99)105-80-86(78-101-88(93)72-65-58-51-46-45-49-56-63-70-83(7)11-4)107-90(95)74-67-60-53-44-39-38-41-48-55-62-69-82(6)10-3/h81-86,91H,8-80H2,1-7H3,(H,96,97)(H,98,99)/t81?,82?,83?,84-,85-,86-/m1/s1. The van der Waals surface area contributed by atoms with Crippen LogP contribution < -0.4 is 0 Å². The molecule has 0 saturated heterocycles. The van der Waals surface area contributed by atoms with Gasteiger partial charge in [-0.25, -0.2) is 9.13 Å². The Bertz CT molecular complexity index is 2100. The van der Waals surface area contributed by atoms with Gasteiger partial charge in [0.1, 0.15) is 19.3 Å². The molecule has 0 aromatic heterocycles. The van der Waals surface area contributed by atoms with E-state index in [1.165, 1.54) is 289 Å². The van der Waals surface area contributed by atoms with Crippen molar-refractivity contribution in [3.63, 3.8) is 0 Å². The first kappa shape index (κ1) is 107. The first-order valence-corrected chi connectivity index (χ1v) is 49.5. The number of phosphoric acid groups is 2. The molecule has 0 fully saturated rings. The predicted molar refractivity (Wildman–Crippen MR) is 451 cm³/mol. The molecule has 5 unspecified atom stereocenters. The molecule has 0 aromatic rings. The van der Waals surface area contributed by atoms with Crippen molar-refractivity contribution in [1.82, 2.24) is 0 Å². The average Bonchev–Trinajstić information content (AvgIpc) is 0.912. The van der Waals surface area contributed by atoms with Crippen molar-refractivity contribution in [2.75, 3.05) is 39.6 Å². The Hall–Kier alpha value is -1.94. The van der Waals surface area contributed by atoms with Crippen LogP contribution in [0.3, 0.4) is 0 Å². The molecule has 0 bridgehead atoms. The minimum absolute atomic E-state index is 0.106. The maximum Gasteiger partial charge on any atom is 0.472 e. The number of aliphatic hydroxyl groups is 1. The molecule has 17 nitrogen and oxygen atoms in total. The lowest BCUT2D eigenvalue weighted by atomic mass is 9.99. The largest absolute Gasteiger partial charge is 0.472 e. The van der Waals surface area contributed by atoms with Gasteiger partial charge in [-0.3, -0.25) is 37.3 Å². The Morgan fingerprint density at radius 1 is 0.257 bits per heavy atom. The van der Waals surface area contributed by atoms with Crippen LogP contribution in [0.1, 0.15) is 479 Å². The summed E-state index contributed by atoms with van der Waals surface area (Å²) in [5, 5.41) is 10.7. The highest BCUT2D eigenvalue weighted by Gasteiger charge is 2.31.